The molecule has 0 N–H and O–H groups in total. The summed E-state index contributed by atoms with van der Waals surface area (Å²) < 4.78 is 15.2. The van der Waals surface area contributed by atoms with Gasteiger partial charge < -0.3 is 14.7 Å². The Morgan fingerprint density at radius 1 is 0.844 bits per heavy atom. The predicted octanol–water partition coefficient (Wildman–Crippen LogP) is 5.18. The normalized spacial score (nSPS) is 22.0. The lowest BCUT2D eigenvalue weighted by Gasteiger charge is -2.33. The molecule has 1 atom stereocenters. The van der Waals surface area contributed by atoms with Crippen LogP contribution in [0, 0.1) is 5.82 Å². The Balaban J connectivity index is 1.31. The number of hydrogen-bond acceptors (Lipinski definition) is 3. The van der Waals surface area contributed by atoms with Crippen molar-refractivity contribution in [2.24, 2.45) is 0 Å². The van der Waals surface area contributed by atoms with Gasteiger partial charge in [0.2, 0.25) is 0 Å². The van der Waals surface area contributed by atoms with Crippen LogP contribution in [0.2, 0.25) is 0 Å². The van der Waals surface area contributed by atoms with Gasteiger partial charge in [-0.2, -0.15) is 0 Å². The maximum atomic E-state index is 15.2. The highest BCUT2D eigenvalue weighted by atomic mass is 19.1. The lowest BCUT2D eigenvalue weighted by Crippen LogP contribution is -2.44. The molecule has 1 unspecified atom stereocenters. The first-order valence-corrected chi connectivity index (χ1v) is 12.4. The van der Waals surface area contributed by atoms with Crippen LogP contribution in [0.25, 0.3) is 11.1 Å². The minimum atomic E-state index is -0.414. The van der Waals surface area contributed by atoms with Crippen molar-refractivity contribution < 1.29 is 9.18 Å². The van der Waals surface area contributed by atoms with Crippen LogP contribution in [0.5, 0.6) is 0 Å². The first-order chi connectivity index (χ1) is 15.7. The Bertz CT molecular complexity index is 950. The number of hydrogen-bond donors (Lipinski definition) is 0. The number of anilines is 1. The Hall–Kier alpha value is -2.40. The van der Waals surface area contributed by atoms with Gasteiger partial charge in [0.1, 0.15) is 5.82 Å². The Morgan fingerprint density at radius 3 is 2.38 bits per heavy atom. The fourth-order valence-electron chi connectivity index (χ4n) is 5.61. The molecule has 0 spiro atoms. The molecule has 32 heavy (non-hydrogen) atoms. The van der Waals surface area contributed by atoms with Crippen LogP contribution in [0.3, 0.4) is 0 Å². The molecular formula is C27H34FN3O. The highest BCUT2D eigenvalue weighted by Gasteiger charge is 2.32. The van der Waals surface area contributed by atoms with Gasteiger partial charge in [0.25, 0.3) is 5.91 Å². The molecule has 0 radical (unpaired) electrons. The molecule has 170 valence electrons. The monoisotopic (exact) mass is 435 g/mol. The molecule has 5 heteroatoms. The highest BCUT2D eigenvalue weighted by Crippen LogP contribution is 2.29. The Morgan fingerprint density at radius 2 is 1.59 bits per heavy atom. The van der Waals surface area contributed by atoms with E-state index in [2.05, 4.69) is 21.9 Å². The van der Waals surface area contributed by atoms with Crippen molar-refractivity contribution in [3.63, 3.8) is 0 Å². The van der Waals surface area contributed by atoms with Crippen molar-refractivity contribution in [2.75, 3.05) is 44.2 Å². The van der Waals surface area contributed by atoms with Gasteiger partial charge in [0.15, 0.2) is 0 Å². The maximum Gasteiger partial charge on any atom is 0.257 e. The second-order valence-corrected chi connectivity index (χ2v) is 9.59. The fraction of sp³-hybridized carbons (Fsp3) is 0.519. The summed E-state index contributed by atoms with van der Waals surface area (Å²) in [4.78, 5) is 20.0. The molecule has 3 aliphatic heterocycles. The van der Waals surface area contributed by atoms with Crippen molar-refractivity contribution >= 4 is 11.6 Å². The quantitative estimate of drug-likeness (QED) is 0.647. The smallest absolute Gasteiger partial charge is 0.257 e. The second-order valence-electron chi connectivity index (χ2n) is 9.59. The average Bonchev–Trinajstić information content (AvgIpc) is 3.52. The van der Waals surface area contributed by atoms with Gasteiger partial charge in [-0.05, 0) is 87.0 Å². The van der Waals surface area contributed by atoms with Crippen LogP contribution >= 0.6 is 0 Å². The minimum Gasteiger partial charge on any atom is -0.372 e. The zero-order valence-corrected chi connectivity index (χ0v) is 18.9. The number of piperidine rings is 1. The predicted molar refractivity (Wildman–Crippen MR) is 128 cm³/mol. The van der Waals surface area contributed by atoms with Gasteiger partial charge in [0, 0.05) is 37.9 Å². The summed E-state index contributed by atoms with van der Waals surface area (Å²) in [7, 11) is 0. The summed E-state index contributed by atoms with van der Waals surface area (Å²) >= 11 is 0. The Kier molecular flexibility index (Phi) is 6.44. The van der Waals surface area contributed by atoms with Crippen molar-refractivity contribution in [3.05, 3.63) is 53.8 Å². The fourth-order valence-corrected chi connectivity index (χ4v) is 5.61. The lowest BCUT2D eigenvalue weighted by atomic mass is 10.0. The number of rotatable bonds is 5. The molecule has 3 fully saturated rings. The van der Waals surface area contributed by atoms with Crippen LogP contribution in [-0.2, 0) is 0 Å². The van der Waals surface area contributed by atoms with Gasteiger partial charge in [-0.3, -0.25) is 4.79 Å². The van der Waals surface area contributed by atoms with Gasteiger partial charge in [0.05, 0.1) is 5.56 Å². The summed E-state index contributed by atoms with van der Waals surface area (Å²) in [5.74, 6) is -0.568. The summed E-state index contributed by atoms with van der Waals surface area (Å²) in [6.45, 7) is 6.07. The van der Waals surface area contributed by atoms with E-state index >= 15 is 4.39 Å². The van der Waals surface area contributed by atoms with Crippen LogP contribution in [-0.4, -0.2) is 61.0 Å². The van der Waals surface area contributed by atoms with Crippen molar-refractivity contribution in [1.82, 2.24) is 9.80 Å². The summed E-state index contributed by atoms with van der Waals surface area (Å²) in [5, 5.41) is 0. The third kappa shape index (κ3) is 4.54. The van der Waals surface area contributed by atoms with Crippen LogP contribution in [0.1, 0.15) is 55.3 Å². The average molecular weight is 436 g/mol. The Labute approximate surface area is 191 Å². The van der Waals surface area contributed by atoms with E-state index < -0.39 is 5.82 Å². The molecule has 0 saturated carbocycles. The molecular weight excluding hydrogens is 401 g/mol. The zero-order valence-electron chi connectivity index (χ0n) is 18.9. The van der Waals surface area contributed by atoms with Gasteiger partial charge >= 0.3 is 0 Å². The standard InChI is InChI=1S/C27H34FN3O/c28-26-19-22(21-8-6-9-23(18-21)30-15-4-5-16-30)11-12-25(26)27(32)31-17-7-10-24(31)20-29-13-2-1-3-14-29/h6,8-9,11-12,18-19,24H,1-5,7,10,13-17,20H2. The van der Waals surface area contributed by atoms with E-state index in [-0.39, 0.29) is 17.5 Å². The first-order valence-electron chi connectivity index (χ1n) is 12.4. The summed E-state index contributed by atoms with van der Waals surface area (Å²) in [5.41, 5.74) is 3.22. The van der Waals surface area contributed by atoms with Gasteiger partial charge in [-0.1, -0.05) is 24.6 Å². The van der Waals surface area contributed by atoms with E-state index in [9.17, 15) is 4.79 Å². The van der Waals surface area contributed by atoms with Crippen molar-refractivity contribution in [1.29, 1.82) is 0 Å². The van der Waals surface area contributed by atoms with E-state index in [1.165, 1.54) is 43.9 Å². The molecule has 3 aliphatic rings. The van der Waals surface area contributed by atoms with Crippen molar-refractivity contribution in [2.45, 2.75) is 51.0 Å². The number of halogens is 1. The first kappa shape index (κ1) is 21.4. The van der Waals surface area contributed by atoms with Gasteiger partial charge in [-0.25, -0.2) is 4.39 Å². The lowest BCUT2D eigenvalue weighted by molar-refractivity contribution is 0.0686. The molecule has 2 aromatic rings. The second kappa shape index (κ2) is 9.62. The minimum absolute atomic E-state index is 0.153. The molecule has 0 bridgehead atoms. The zero-order chi connectivity index (χ0) is 21.9. The third-order valence-electron chi connectivity index (χ3n) is 7.41. The molecule has 4 nitrogen and oxygen atoms in total. The highest BCUT2D eigenvalue weighted by molar-refractivity contribution is 5.95. The van der Waals surface area contributed by atoms with E-state index in [0.717, 1.165) is 63.2 Å². The molecule has 0 aromatic heterocycles. The topological polar surface area (TPSA) is 26.8 Å². The molecule has 1 amide bonds. The van der Waals surface area contributed by atoms with Gasteiger partial charge in [-0.15, -0.1) is 0 Å². The molecule has 3 saturated heterocycles. The van der Waals surface area contributed by atoms with Crippen molar-refractivity contribution in [3.8, 4) is 11.1 Å². The largest absolute Gasteiger partial charge is 0.372 e. The molecule has 2 aromatic carbocycles. The number of amides is 1. The number of nitrogens with zero attached hydrogens (tertiary/aromatic N) is 3. The third-order valence-corrected chi connectivity index (χ3v) is 7.41. The number of likely N-dealkylation sites (tertiary alicyclic amines) is 2. The van der Waals surface area contributed by atoms with E-state index in [4.69, 9.17) is 0 Å². The molecule has 0 aliphatic carbocycles. The van der Waals surface area contributed by atoms with Crippen LogP contribution in [0.15, 0.2) is 42.5 Å². The SMILES string of the molecule is O=C(c1ccc(-c2cccc(N3CCCC3)c2)cc1F)N1CCCC1CN1CCCCC1. The molecule has 3 heterocycles. The van der Waals surface area contributed by atoms with E-state index in [0.29, 0.717) is 0 Å². The van der Waals surface area contributed by atoms with E-state index in [1.54, 1.807) is 6.07 Å². The van der Waals surface area contributed by atoms with Crippen LogP contribution in [0.4, 0.5) is 10.1 Å². The maximum absolute atomic E-state index is 15.2. The number of benzene rings is 2. The number of carbonyl (C=O) groups excluding carboxylic acids is 1. The summed E-state index contributed by atoms with van der Waals surface area (Å²) in [6, 6.07) is 13.6. The van der Waals surface area contributed by atoms with Crippen LogP contribution < -0.4 is 4.90 Å². The summed E-state index contributed by atoms with van der Waals surface area (Å²) in [6.07, 6.45) is 8.28. The molecule has 5 rings (SSSR count). The van der Waals surface area contributed by atoms with E-state index in [1.807, 2.05) is 23.1 Å². The number of carbonyl (C=O) groups is 1.